The van der Waals surface area contributed by atoms with Crippen molar-refractivity contribution in [1.82, 2.24) is 5.43 Å². The third kappa shape index (κ3) is 2.19. The number of hydrogen-bond acceptors (Lipinski definition) is 2. The average Bonchev–Trinajstić information content (AvgIpc) is 2.52. The molecule has 0 unspecified atom stereocenters. The van der Waals surface area contributed by atoms with E-state index in [1.807, 2.05) is 6.92 Å². The van der Waals surface area contributed by atoms with Gasteiger partial charge < -0.3 is 5.43 Å². The van der Waals surface area contributed by atoms with Crippen molar-refractivity contribution in [2.75, 3.05) is 6.54 Å². The zero-order chi connectivity index (χ0) is 8.10. The first-order chi connectivity index (χ1) is 5.38. The molecule has 64 valence electrons. The summed E-state index contributed by atoms with van der Waals surface area (Å²) in [6, 6.07) is 0. The number of amidine groups is 1. The average molecular weight is 155 g/mol. The maximum Gasteiger partial charge on any atom is 0.113 e. The summed E-state index contributed by atoms with van der Waals surface area (Å²) in [6.07, 6.45) is 5.16. The Morgan fingerprint density at radius 2 is 2.18 bits per heavy atom. The number of hydrazine groups is 1. The molecule has 1 aliphatic carbocycles. The van der Waals surface area contributed by atoms with Crippen LogP contribution in [0.25, 0.3) is 0 Å². The van der Waals surface area contributed by atoms with Crippen LogP contribution in [-0.4, -0.2) is 12.4 Å². The van der Waals surface area contributed by atoms with Gasteiger partial charge in [0.1, 0.15) is 5.84 Å². The maximum absolute atomic E-state index is 5.36. The Kier molecular flexibility index (Phi) is 3.36. The van der Waals surface area contributed by atoms with Crippen molar-refractivity contribution in [2.45, 2.75) is 32.6 Å². The normalized spacial score (nSPS) is 20.7. The van der Waals surface area contributed by atoms with Crippen LogP contribution in [0.15, 0.2) is 4.99 Å². The van der Waals surface area contributed by atoms with E-state index in [2.05, 4.69) is 10.4 Å². The fraction of sp³-hybridized carbons (Fsp3) is 0.875. The van der Waals surface area contributed by atoms with Crippen molar-refractivity contribution in [1.29, 1.82) is 0 Å². The van der Waals surface area contributed by atoms with Crippen LogP contribution in [0.1, 0.15) is 32.6 Å². The second-order valence-corrected chi connectivity index (χ2v) is 2.99. The van der Waals surface area contributed by atoms with Gasteiger partial charge in [-0.05, 0) is 19.8 Å². The highest BCUT2D eigenvalue weighted by Crippen LogP contribution is 2.24. The van der Waals surface area contributed by atoms with Crippen LogP contribution in [0.4, 0.5) is 0 Å². The van der Waals surface area contributed by atoms with Gasteiger partial charge in [-0.1, -0.05) is 12.8 Å². The summed E-state index contributed by atoms with van der Waals surface area (Å²) in [5.41, 5.74) is 2.69. The fourth-order valence-corrected chi connectivity index (χ4v) is 1.66. The molecule has 1 fully saturated rings. The Balaban J connectivity index is 2.46. The molecule has 0 radical (unpaired) electrons. The van der Waals surface area contributed by atoms with Gasteiger partial charge in [0.2, 0.25) is 0 Å². The van der Waals surface area contributed by atoms with Crippen LogP contribution in [-0.2, 0) is 0 Å². The van der Waals surface area contributed by atoms with Gasteiger partial charge in [-0.2, -0.15) is 0 Å². The molecule has 0 aromatic carbocycles. The first-order valence-electron chi connectivity index (χ1n) is 4.39. The van der Waals surface area contributed by atoms with Crippen molar-refractivity contribution < 1.29 is 0 Å². The maximum atomic E-state index is 5.36. The lowest BCUT2D eigenvalue weighted by atomic mass is 10.1. The molecule has 0 aromatic heterocycles. The third-order valence-corrected chi connectivity index (χ3v) is 2.22. The molecule has 1 saturated carbocycles. The number of hydrogen-bond donors (Lipinski definition) is 2. The van der Waals surface area contributed by atoms with Crippen molar-refractivity contribution in [2.24, 2.45) is 16.8 Å². The zero-order valence-corrected chi connectivity index (χ0v) is 7.14. The van der Waals surface area contributed by atoms with E-state index in [1.54, 1.807) is 0 Å². The van der Waals surface area contributed by atoms with Crippen molar-refractivity contribution in [3.63, 3.8) is 0 Å². The van der Waals surface area contributed by atoms with Gasteiger partial charge in [0, 0.05) is 12.5 Å². The van der Waals surface area contributed by atoms with Gasteiger partial charge >= 0.3 is 0 Å². The van der Waals surface area contributed by atoms with E-state index in [4.69, 9.17) is 5.84 Å². The second kappa shape index (κ2) is 4.34. The van der Waals surface area contributed by atoms with Gasteiger partial charge in [0.15, 0.2) is 0 Å². The molecule has 1 rings (SSSR count). The summed E-state index contributed by atoms with van der Waals surface area (Å²) in [5.74, 6) is 6.97. The topological polar surface area (TPSA) is 50.4 Å². The molecule has 3 nitrogen and oxygen atoms in total. The molecule has 0 saturated heterocycles. The Morgan fingerprint density at radius 1 is 1.55 bits per heavy atom. The van der Waals surface area contributed by atoms with Crippen LogP contribution in [0.2, 0.25) is 0 Å². The molecule has 3 N–H and O–H groups in total. The summed E-state index contributed by atoms with van der Waals surface area (Å²) < 4.78 is 0. The standard InChI is InChI=1S/C8H17N3/c1-2-10-8(11-9)7-5-3-4-6-7/h7H,2-6,9H2,1H3,(H,10,11). The summed E-state index contributed by atoms with van der Waals surface area (Å²) in [5, 5.41) is 0. The predicted molar refractivity (Wildman–Crippen MR) is 47.3 cm³/mol. The van der Waals surface area contributed by atoms with Crippen LogP contribution in [0.3, 0.4) is 0 Å². The van der Waals surface area contributed by atoms with Crippen molar-refractivity contribution >= 4 is 5.84 Å². The molecular formula is C8H17N3. The number of nitrogens with two attached hydrogens (primary N) is 1. The van der Waals surface area contributed by atoms with Crippen LogP contribution in [0.5, 0.6) is 0 Å². The van der Waals surface area contributed by atoms with E-state index < -0.39 is 0 Å². The molecule has 3 heteroatoms. The quantitative estimate of drug-likeness (QED) is 0.271. The van der Waals surface area contributed by atoms with Gasteiger partial charge in [-0.3, -0.25) is 4.99 Å². The van der Waals surface area contributed by atoms with Gasteiger partial charge in [0.25, 0.3) is 0 Å². The van der Waals surface area contributed by atoms with Crippen LogP contribution < -0.4 is 11.3 Å². The molecule has 1 aliphatic rings. The molecule has 11 heavy (non-hydrogen) atoms. The number of aliphatic imine (C=N–C) groups is 1. The highest BCUT2D eigenvalue weighted by molar-refractivity contribution is 5.84. The van der Waals surface area contributed by atoms with E-state index in [-0.39, 0.29) is 0 Å². The predicted octanol–water partition coefficient (Wildman–Crippen LogP) is 1.06. The Hall–Kier alpha value is -0.570. The molecule has 0 spiro atoms. The lowest BCUT2D eigenvalue weighted by molar-refractivity contribution is 0.690. The first kappa shape index (κ1) is 8.53. The molecule has 0 bridgehead atoms. The summed E-state index contributed by atoms with van der Waals surface area (Å²) in [4.78, 5) is 4.31. The lowest BCUT2D eigenvalue weighted by Crippen LogP contribution is -2.35. The Morgan fingerprint density at radius 3 is 2.64 bits per heavy atom. The first-order valence-corrected chi connectivity index (χ1v) is 4.39. The van der Waals surface area contributed by atoms with Crippen LogP contribution in [0, 0.1) is 5.92 Å². The molecule has 0 heterocycles. The number of rotatable bonds is 2. The second-order valence-electron chi connectivity index (χ2n) is 2.99. The zero-order valence-electron chi connectivity index (χ0n) is 7.14. The Bertz CT molecular complexity index is 136. The minimum absolute atomic E-state index is 0.611. The minimum Gasteiger partial charge on any atom is -0.312 e. The SMILES string of the molecule is CCN=C(NN)C1CCCC1. The number of nitrogens with one attached hydrogen (secondary N) is 1. The summed E-state index contributed by atoms with van der Waals surface area (Å²) >= 11 is 0. The molecular weight excluding hydrogens is 138 g/mol. The summed E-state index contributed by atoms with van der Waals surface area (Å²) in [7, 11) is 0. The third-order valence-electron chi connectivity index (χ3n) is 2.22. The monoisotopic (exact) mass is 155 g/mol. The largest absolute Gasteiger partial charge is 0.312 e. The number of nitrogens with zero attached hydrogens (tertiary/aromatic N) is 1. The lowest BCUT2D eigenvalue weighted by Gasteiger charge is -2.11. The summed E-state index contributed by atoms with van der Waals surface area (Å²) in [6.45, 7) is 2.86. The Labute approximate surface area is 68.0 Å². The molecule has 0 aliphatic heterocycles. The van der Waals surface area contributed by atoms with Gasteiger partial charge in [-0.15, -0.1) is 0 Å². The highest BCUT2D eigenvalue weighted by atomic mass is 15.3. The fourth-order valence-electron chi connectivity index (χ4n) is 1.66. The molecule has 0 amide bonds. The van der Waals surface area contributed by atoms with E-state index in [0.29, 0.717) is 5.92 Å². The van der Waals surface area contributed by atoms with E-state index in [9.17, 15) is 0 Å². The molecule has 0 atom stereocenters. The van der Waals surface area contributed by atoms with Gasteiger partial charge in [0.05, 0.1) is 0 Å². The van der Waals surface area contributed by atoms with E-state index >= 15 is 0 Å². The van der Waals surface area contributed by atoms with Crippen LogP contribution >= 0.6 is 0 Å². The molecule has 0 aromatic rings. The van der Waals surface area contributed by atoms with Gasteiger partial charge in [-0.25, -0.2) is 5.84 Å². The van der Waals surface area contributed by atoms with Crippen molar-refractivity contribution in [3.8, 4) is 0 Å². The highest BCUT2D eigenvalue weighted by Gasteiger charge is 2.19. The minimum atomic E-state index is 0.611. The van der Waals surface area contributed by atoms with E-state index in [1.165, 1.54) is 25.7 Å². The smallest absolute Gasteiger partial charge is 0.113 e. The van der Waals surface area contributed by atoms with E-state index in [0.717, 1.165) is 12.4 Å². The van der Waals surface area contributed by atoms with Crippen molar-refractivity contribution in [3.05, 3.63) is 0 Å².